The van der Waals surface area contributed by atoms with Gasteiger partial charge < -0.3 is 5.11 Å². The van der Waals surface area contributed by atoms with Crippen molar-refractivity contribution in [3.8, 4) is 6.07 Å². The molecule has 1 fully saturated rings. The van der Waals surface area contributed by atoms with Gasteiger partial charge in [0.05, 0.1) is 17.2 Å². The highest BCUT2D eigenvalue weighted by molar-refractivity contribution is 5.24. The van der Waals surface area contributed by atoms with Crippen molar-refractivity contribution in [3.63, 3.8) is 0 Å². The molecule has 86 valence electrons. The molecule has 0 bridgehead atoms. The van der Waals surface area contributed by atoms with Crippen LogP contribution in [0.2, 0.25) is 0 Å². The largest absolute Gasteiger partial charge is 0.387 e. The highest BCUT2D eigenvalue weighted by Gasteiger charge is 2.42. The van der Waals surface area contributed by atoms with Gasteiger partial charge in [-0.25, -0.2) is 0 Å². The minimum absolute atomic E-state index is 0.589. The molecule has 16 heavy (non-hydrogen) atoms. The van der Waals surface area contributed by atoms with E-state index < -0.39 is 11.5 Å². The summed E-state index contributed by atoms with van der Waals surface area (Å²) in [5.74, 6) is 0. The molecule has 1 saturated carbocycles. The van der Waals surface area contributed by atoms with Crippen LogP contribution in [0.3, 0.4) is 0 Å². The summed E-state index contributed by atoms with van der Waals surface area (Å²) in [6.07, 6.45) is 4.76. The zero-order chi connectivity index (χ0) is 11.8. The Morgan fingerprint density at radius 2 is 2.19 bits per heavy atom. The Bertz CT molecular complexity index is 424. The quantitative estimate of drug-likeness (QED) is 0.825. The summed E-state index contributed by atoms with van der Waals surface area (Å²) >= 11 is 0. The number of hydrogen-bond acceptors (Lipinski definition) is 3. The number of aliphatic hydroxyl groups is 1. The standard InChI is InChI=1S/C12H17N3O/c1-9-10(7-15(2)14-9)11(16)12(8-13)5-3-4-6-12/h7,11,16H,3-6H2,1-2H3. The lowest BCUT2D eigenvalue weighted by Gasteiger charge is -2.26. The van der Waals surface area contributed by atoms with Crippen LogP contribution in [0, 0.1) is 23.7 Å². The summed E-state index contributed by atoms with van der Waals surface area (Å²) in [4.78, 5) is 0. The van der Waals surface area contributed by atoms with Crippen molar-refractivity contribution in [1.82, 2.24) is 9.78 Å². The van der Waals surface area contributed by atoms with Crippen LogP contribution in [0.1, 0.15) is 43.0 Å². The maximum absolute atomic E-state index is 10.4. The van der Waals surface area contributed by atoms with Gasteiger partial charge in [0, 0.05) is 18.8 Å². The topological polar surface area (TPSA) is 61.8 Å². The van der Waals surface area contributed by atoms with Gasteiger partial charge in [0.15, 0.2) is 0 Å². The minimum Gasteiger partial charge on any atom is -0.387 e. The average Bonchev–Trinajstić information content (AvgIpc) is 2.85. The lowest BCUT2D eigenvalue weighted by molar-refractivity contribution is 0.0665. The van der Waals surface area contributed by atoms with E-state index in [2.05, 4.69) is 11.2 Å². The molecule has 1 unspecified atom stereocenters. The van der Waals surface area contributed by atoms with Crippen LogP contribution in [0.5, 0.6) is 0 Å². The molecule has 0 aromatic carbocycles. The van der Waals surface area contributed by atoms with E-state index in [9.17, 15) is 10.4 Å². The first-order chi connectivity index (χ1) is 7.59. The van der Waals surface area contributed by atoms with Gasteiger partial charge in [-0.05, 0) is 19.8 Å². The van der Waals surface area contributed by atoms with E-state index in [4.69, 9.17) is 0 Å². The number of nitrogens with zero attached hydrogens (tertiary/aromatic N) is 3. The molecule has 1 atom stereocenters. The monoisotopic (exact) mass is 219 g/mol. The maximum atomic E-state index is 10.4. The summed E-state index contributed by atoms with van der Waals surface area (Å²) in [5.41, 5.74) is 1.02. The van der Waals surface area contributed by atoms with E-state index in [1.165, 1.54) is 0 Å². The van der Waals surface area contributed by atoms with Gasteiger partial charge in [0.1, 0.15) is 6.10 Å². The Morgan fingerprint density at radius 1 is 1.56 bits per heavy atom. The average molecular weight is 219 g/mol. The Morgan fingerprint density at radius 3 is 2.62 bits per heavy atom. The van der Waals surface area contributed by atoms with Crippen molar-refractivity contribution >= 4 is 0 Å². The number of aliphatic hydroxyl groups excluding tert-OH is 1. The first-order valence-electron chi connectivity index (χ1n) is 5.68. The number of rotatable bonds is 2. The fourth-order valence-corrected chi connectivity index (χ4v) is 2.64. The van der Waals surface area contributed by atoms with E-state index in [0.29, 0.717) is 0 Å². The molecule has 1 N–H and O–H groups in total. The molecule has 4 nitrogen and oxygen atoms in total. The van der Waals surface area contributed by atoms with Gasteiger partial charge in [-0.15, -0.1) is 0 Å². The Hall–Kier alpha value is -1.34. The van der Waals surface area contributed by atoms with Crippen LogP contribution in [0.15, 0.2) is 6.20 Å². The van der Waals surface area contributed by atoms with Crippen molar-refractivity contribution in [1.29, 1.82) is 5.26 Å². The molecule has 4 heteroatoms. The molecule has 0 saturated heterocycles. The summed E-state index contributed by atoms with van der Waals surface area (Å²) in [7, 11) is 1.83. The minimum atomic E-state index is -0.700. The molecule has 2 rings (SSSR count). The third-order valence-corrected chi connectivity index (χ3v) is 3.59. The van der Waals surface area contributed by atoms with Crippen LogP contribution in [0.4, 0.5) is 0 Å². The summed E-state index contributed by atoms with van der Waals surface area (Å²) in [6.45, 7) is 1.87. The summed E-state index contributed by atoms with van der Waals surface area (Å²) < 4.78 is 1.69. The normalized spacial score (nSPS) is 20.6. The lowest BCUT2D eigenvalue weighted by atomic mass is 9.79. The smallest absolute Gasteiger partial charge is 0.101 e. The molecule has 0 aliphatic heterocycles. The highest BCUT2D eigenvalue weighted by atomic mass is 16.3. The van der Waals surface area contributed by atoms with Crippen molar-refractivity contribution in [3.05, 3.63) is 17.5 Å². The number of nitriles is 1. The van der Waals surface area contributed by atoms with E-state index in [1.54, 1.807) is 4.68 Å². The van der Waals surface area contributed by atoms with Gasteiger partial charge in [-0.2, -0.15) is 10.4 Å². The molecule has 1 aliphatic rings. The molecule has 1 aromatic rings. The zero-order valence-corrected chi connectivity index (χ0v) is 9.77. The first kappa shape index (κ1) is 11.2. The molecular formula is C12H17N3O. The van der Waals surface area contributed by atoms with Gasteiger partial charge >= 0.3 is 0 Å². The van der Waals surface area contributed by atoms with Crippen LogP contribution in [-0.2, 0) is 7.05 Å². The van der Waals surface area contributed by atoms with E-state index >= 15 is 0 Å². The van der Waals surface area contributed by atoms with Gasteiger partial charge in [0.2, 0.25) is 0 Å². The fourth-order valence-electron chi connectivity index (χ4n) is 2.64. The van der Waals surface area contributed by atoms with Crippen LogP contribution in [-0.4, -0.2) is 14.9 Å². The Kier molecular flexibility index (Phi) is 2.73. The predicted octanol–water partition coefficient (Wildman–Crippen LogP) is 1.85. The van der Waals surface area contributed by atoms with Gasteiger partial charge in [-0.3, -0.25) is 4.68 Å². The fraction of sp³-hybridized carbons (Fsp3) is 0.667. The molecule has 1 heterocycles. The molecule has 0 spiro atoms. The Labute approximate surface area is 95.5 Å². The summed E-state index contributed by atoms with van der Waals surface area (Å²) in [5, 5.41) is 23.9. The zero-order valence-electron chi connectivity index (χ0n) is 9.77. The third kappa shape index (κ3) is 1.61. The molecular weight excluding hydrogens is 202 g/mol. The van der Waals surface area contributed by atoms with Crippen LogP contribution in [0.25, 0.3) is 0 Å². The SMILES string of the molecule is Cc1nn(C)cc1C(O)C1(C#N)CCCC1. The predicted molar refractivity (Wildman–Crippen MR) is 59.4 cm³/mol. The molecule has 1 aliphatic carbocycles. The molecule has 0 amide bonds. The maximum Gasteiger partial charge on any atom is 0.101 e. The number of aromatic nitrogens is 2. The van der Waals surface area contributed by atoms with Crippen molar-refractivity contribution < 1.29 is 5.11 Å². The Balaban J connectivity index is 2.34. The second kappa shape index (κ2) is 3.91. The van der Waals surface area contributed by atoms with Crippen LogP contribution < -0.4 is 0 Å². The second-order valence-electron chi connectivity index (χ2n) is 4.72. The van der Waals surface area contributed by atoms with E-state index in [-0.39, 0.29) is 0 Å². The van der Waals surface area contributed by atoms with Crippen molar-refractivity contribution in [2.75, 3.05) is 0 Å². The first-order valence-corrected chi connectivity index (χ1v) is 5.68. The molecule has 1 aromatic heterocycles. The summed E-state index contributed by atoms with van der Waals surface area (Å²) in [6, 6.07) is 2.33. The highest BCUT2D eigenvalue weighted by Crippen LogP contribution is 2.47. The van der Waals surface area contributed by atoms with Gasteiger partial charge in [-0.1, -0.05) is 12.8 Å². The van der Waals surface area contributed by atoms with Gasteiger partial charge in [0.25, 0.3) is 0 Å². The molecule has 0 radical (unpaired) electrons. The lowest BCUT2D eigenvalue weighted by Crippen LogP contribution is -2.24. The van der Waals surface area contributed by atoms with Crippen LogP contribution >= 0.6 is 0 Å². The van der Waals surface area contributed by atoms with E-state index in [0.717, 1.165) is 36.9 Å². The number of aryl methyl sites for hydroxylation is 2. The second-order valence-corrected chi connectivity index (χ2v) is 4.72. The van der Waals surface area contributed by atoms with E-state index in [1.807, 2.05) is 20.2 Å². The van der Waals surface area contributed by atoms with Crippen molar-refractivity contribution in [2.45, 2.75) is 38.7 Å². The number of hydrogen-bond donors (Lipinski definition) is 1. The van der Waals surface area contributed by atoms with Crippen molar-refractivity contribution in [2.24, 2.45) is 12.5 Å². The third-order valence-electron chi connectivity index (χ3n) is 3.59.